The van der Waals surface area contributed by atoms with E-state index in [1.807, 2.05) is 24.3 Å². The van der Waals surface area contributed by atoms with Crippen LogP contribution in [0.2, 0.25) is 0 Å². The fourth-order valence-electron chi connectivity index (χ4n) is 3.17. The molecule has 26 heavy (non-hydrogen) atoms. The molecule has 1 aromatic heterocycles. The lowest BCUT2D eigenvalue weighted by Gasteiger charge is -2.25. The van der Waals surface area contributed by atoms with Crippen LogP contribution in [-0.2, 0) is 4.79 Å². The highest BCUT2D eigenvalue weighted by Crippen LogP contribution is 2.29. The van der Waals surface area contributed by atoms with E-state index in [1.165, 1.54) is 6.20 Å². The van der Waals surface area contributed by atoms with Crippen LogP contribution in [0.25, 0.3) is 10.8 Å². The maximum absolute atomic E-state index is 14.0. The van der Waals surface area contributed by atoms with Gasteiger partial charge in [-0.2, -0.15) is 0 Å². The third-order valence-corrected chi connectivity index (χ3v) is 4.40. The van der Waals surface area contributed by atoms with Crippen molar-refractivity contribution in [1.82, 2.24) is 10.3 Å². The van der Waals surface area contributed by atoms with Gasteiger partial charge in [0.15, 0.2) is 0 Å². The highest BCUT2D eigenvalue weighted by atomic mass is 19.1. The number of benzene rings is 2. The van der Waals surface area contributed by atoms with Gasteiger partial charge in [-0.1, -0.05) is 24.3 Å². The van der Waals surface area contributed by atoms with E-state index in [2.05, 4.69) is 15.6 Å². The number of nitrogens with zero attached hydrogens (tertiary/aromatic N) is 1. The zero-order valence-corrected chi connectivity index (χ0v) is 13.4. The van der Waals surface area contributed by atoms with Gasteiger partial charge in [0.2, 0.25) is 5.91 Å². The Bertz CT molecular complexity index is 1050. The van der Waals surface area contributed by atoms with Crippen molar-refractivity contribution in [3.63, 3.8) is 0 Å². The number of fused-ring (bicyclic) bond motifs is 2. The average Bonchev–Trinajstić information content (AvgIpc) is 2.61. The van der Waals surface area contributed by atoms with Crippen molar-refractivity contribution >= 4 is 28.3 Å². The molecule has 7 heteroatoms. The molecular formula is C19H13F2N3O2. The number of pyridine rings is 1. The second-order valence-corrected chi connectivity index (χ2v) is 6.01. The summed E-state index contributed by atoms with van der Waals surface area (Å²) in [5.41, 5.74) is 0.231. The molecular weight excluding hydrogens is 340 g/mol. The first kappa shape index (κ1) is 16.1. The molecule has 0 radical (unpaired) electrons. The predicted molar refractivity (Wildman–Crippen MR) is 91.8 cm³/mol. The molecule has 2 aromatic carbocycles. The molecule has 0 bridgehead atoms. The third-order valence-electron chi connectivity index (χ3n) is 4.40. The van der Waals surface area contributed by atoms with Crippen LogP contribution in [0.15, 0.2) is 48.8 Å². The summed E-state index contributed by atoms with van der Waals surface area (Å²) in [6.45, 7) is -0.0429. The Kier molecular flexibility index (Phi) is 3.84. The summed E-state index contributed by atoms with van der Waals surface area (Å²) < 4.78 is 27.7. The van der Waals surface area contributed by atoms with Crippen molar-refractivity contribution in [2.75, 3.05) is 11.9 Å². The van der Waals surface area contributed by atoms with Crippen molar-refractivity contribution < 1.29 is 18.4 Å². The minimum Gasteiger partial charge on any atom is -0.351 e. The Morgan fingerprint density at radius 3 is 2.85 bits per heavy atom. The summed E-state index contributed by atoms with van der Waals surface area (Å²) in [6.07, 6.45) is 3.18. The molecule has 0 saturated heterocycles. The van der Waals surface area contributed by atoms with Crippen molar-refractivity contribution in [2.45, 2.75) is 5.92 Å². The van der Waals surface area contributed by atoms with E-state index in [4.69, 9.17) is 0 Å². The molecule has 0 spiro atoms. The molecule has 1 unspecified atom stereocenters. The summed E-state index contributed by atoms with van der Waals surface area (Å²) in [5, 5.41) is 6.87. The van der Waals surface area contributed by atoms with Crippen LogP contribution in [0.1, 0.15) is 21.8 Å². The number of rotatable bonds is 2. The molecule has 1 atom stereocenters. The standard InChI is InChI=1S/C19H13F2N3O2/c20-11-5-13-14(8-23-19(26)17(13)15(21)6-11)18(25)24-16-9-22-7-10-3-1-2-4-12(10)16/h1-7,9,14H,8H2,(H,23,26)(H,24,25). The second kappa shape index (κ2) is 6.18. The van der Waals surface area contributed by atoms with E-state index in [9.17, 15) is 18.4 Å². The Labute approximate surface area is 147 Å². The van der Waals surface area contributed by atoms with Crippen molar-refractivity contribution in [3.05, 3.63) is 71.6 Å². The van der Waals surface area contributed by atoms with E-state index in [0.717, 1.165) is 16.8 Å². The van der Waals surface area contributed by atoms with Gasteiger partial charge < -0.3 is 10.6 Å². The number of halogens is 2. The fourth-order valence-corrected chi connectivity index (χ4v) is 3.17. The largest absolute Gasteiger partial charge is 0.351 e. The van der Waals surface area contributed by atoms with Gasteiger partial charge in [0.1, 0.15) is 11.6 Å². The SMILES string of the molecule is O=C1NCC(C(=O)Nc2cncc3ccccc23)c2cc(F)cc(F)c21. The van der Waals surface area contributed by atoms with E-state index in [1.54, 1.807) is 6.20 Å². The number of aromatic nitrogens is 1. The van der Waals surface area contributed by atoms with Crippen molar-refractivity contribution in [1.29, 1.82) is 0 Å². The van der Waals surface area contributed by atoms with Crippen molar-refractivity contribution in [3.8, 4) is 0 Å². The summed E-state index contributed by atoms with van der Waals surface area (Å²) in [7, 11) is 0. The molecule has 130 valence electrons. The van der Waals surface area contributed by atoms with Crippen LogP contribution in [0, 0.1) is 11.6 Å². The highest BCUT2D eigenvalue weighted by molar-refractivity contribution is 6.07. The van der Waals surface area contributed by atoms with Gasteiger partial charge in [0, 0.05) is 29.6 Å². The van der Waals surface area contributed by atoms with Gasteiger partial charge >= 0.3 is 0 Å². The van der Waals surface area contributed by atoms with Crippen LogP contribution in [-0.4, -0.2) is 23.3 Å². The molecule has 5 nitrogen and oxygen atoms in total. The first-order valence-corrected chi connectivity index (χ1v) is 7.95. The Balaban J connectivity index is 1.72. The number of hydrogen-bond acceptors (Lipinski definition) is 3. The Morgan fingerprint density at radius 2 is 2.00 bits per heavy atom. The second-order valence-electron chi connectivity index (χ2n) is 6.01. The molecule has 1 aliphatic heterocycles. The minimum atomic E-state index is -0.984. The summed E-state index contributed by atoms with van der Waals surface area (Å²) in [6, 6.07) is 9.05. The number of carbonyl (C=O) groups excluding carboxylic acids is 2. The molecule has 0 saturated carbocycles. The molecule has 1 aliphatic rings. The van der Waals surface area contributed by atoms with Gasteiger partial charge in [-0.05, 0) is 11.6 Å². The third kappa shape index (κ3) is 2.67. The number of hydrogen-bond donors (Lipinski definition) is 2. The zero-order chi connectivity index (χ0) is 18.3. The van der Waals surface area contributed by atoms with E-state index < -0.39 is 29.4 Å². The molecule has 0 aliphatic carbocycles. The maximum Gasteiger partial charge on any atom is 0.254 e. The molecule has 0 fully saturated rings. The van der Waals surface area contributed by atoms with Crippen molar-refractivity contribution in [2.24, 2.45) is 0 Å². The van der Waals surface area contributed by atoms with Crippen LogP contribution in [0.3, 0.4) is 0 Å². The van der Waals surface area contributed by atoms with Gasteiger partial charge in [0.05, 0.1) is 23.4 Å². The van der Waals surface area contributed by atoms with Gasteiger partial charge in [-0.25, -0.2) is 8.78 Å². The lowest BCUT2D eigenvalue weighted by molar-refractivity contribution is -0.117. The number of nitrogens with one attached hydrogen (secondary N) is 2. The Hall–Kier alpha value is -3.35. The number of amides is 2. The van der Waals surface area contributed by atoms with E-state index >= 15 is 0 Å². The normalized spacial score (nSPS) is 16.1. The van der Waals surface area contributed by atoms with Gasteiger partial charge in [-0.15, -0.1) is 0 Å². The van der Waals surface area contributed by atoms with E-state index in [0.29, 0.717) is 11.8 Å². The van der Waals surface area contributed by atoms with Gasteiger partial charge in [-0.3, -0.25) is 14.6 Å². The predicted octanol–water partition coefficient (Wildman–Crippen LogP) is 2.98. The first-order valence-electron chi connectivity index (χ1n) is 7.95. The lowest BCUT2D eigenvalue weighted by Crippen LogP contribution is -2.40. The van der Waals surface area contributed by atoms with Crippen LogP contribution < -0.4 is 10.6 Å². The highest BCUT2D eigenvalue weighted by Gasteiger charge is 2.33. The Morgan fingerprint density at radius 1 is 1.19 bits per heavy atom. The van der Waals surface area contributed by atoms with Crippen LogP contribution in [0.5, 0.6) is 0 Å². The maximum atomic E-state index is 14.0. The van der Waals surface area contributed by atoms with E-state index in [-0.39, 0.29) is 17.7 Å². The summed E-state index contributed by atoms with van der Waals surface area (Å²) >= 11 is 0. The monoisotopic (exact) mass is 353 g/mol. The van der Waals surface area contributed by atoms with Crippen LogP contribution in [0.4, 0.5) is 14.5 Å². The molecule has 4 rings (SSSR count). The first-order chi connectivity index (χ1) is 12.5. The number of carbonyl (C=O) groups is 2. The fraction of sp³-hybridized carbons (Fsp3) is 0.105. The smallest absolute Gasteiger partial charge is 0.254 e. The minimum absolute atomic E-state index is 0.0388. The topological polar surface area (TPSA) is 71.1 Å². The van der Waals surface area contributed by atoms with Crippen LogP contribution >= 0.6 is 0 Å². The molecule has 2 amide bonds. The number of anilines is 1. The van der Waals surface area contributed by atoms with Gasteiger partial charge in [0.25, 0.3) is 5.91 Å². The zero-order valence-electron chi connectivity index (χ0n) is 13.4. The lowest BCUT2D eigenvalue weighted by atomic mass is 9.89. The summed E-state index contributed by atoms with van der Waals surface area (Å²) in [5.74, 6) is -3.86. The quantitative estimate of drug-likeness (QED) is 0.744. The molecule has 2 N–H and O–H groups in total. The summed E-state index contributed by atoms with van der Waals surface area (Å²) in [4.78, 5) is 28.8. The average molecular weight is 353 g/mol. The molecule has 3 aromatic rings. The molecule has 2 heterocycles.